The highest BCUT2D eigenvalue weighted by Crippen LogP contribution is 2.36. The third kappa shape index (κ3) is 4.78. The minimum absolute atomic E-state index is 0.154. The number of aryl methyl sites for hydroxylation is 2. The Morgan fingerprint density at radius 2 is 1.93 bits per heavy atom. The van der Waals surface area contributed by atoms with Crippen LogP contribution < -0.4 is 9.47 Å². The SMILES string of the molecule is COc1cc(/C=C/C(=O)OCc2nnc(-c3cc(C)oc3C)o2)cc(Cl)c1OC. The first-order valence-corrected chi connectivity index (χ1v) is 8.95. The number of esters is 1. The molecule has 0 amide bonds. The quantitative estimate of drug-likeness (QED) is 0.412. The van der Waals surface area contributed by atoms with Gasteiger partial charge in [0.1, 0.15) is 11.5 Å². The van der Waals surface area contributed by atoms with Crippen LogP contribution in [0, 0.1) is 13.8 Å². The number of rotatable bonds is 7. The van der Waals surface area contributed by atoms with Crippen molar-refractivity contribution in [3.8, 4) is 23.0 Å². The van der Waals surface area contributed by atoms with Crippen LogP contribution in [0.2, 0.25) is 5.02 Å². The molecule has 0 bridgehead atoms. The predicted octanol–water partition coefficient (Wildman–Crippen LogP) is 4.37. The molecule has 0 radical (unpaired) electrons. The molecule has 2 aromatic heterocycles. The molecule has 0 N–H and O–H groups in total. The first-order chi connectivity index (χ1) is 13.9. The summed E-state index contributed by atoms with van der Waals surface area (Å²) in [4.78, 5) is 12.0. The van der Waals surface area contributed by atoms with E-state index < -0.39 is 5.97 Å². The van der Waals surface area contributed by atoms with E-state index in [1.807, 2.05) is 6.92 Å². The summed E-state index contributed by atoms with van der Waals surface area (Å²) in [6, 6.07) is 5.13. The molecule has 0 aliphatic heterocycles. The van der Waals surface area contributed by atoms with Gasteiger partial charge in [-0.3, -0.25) is 0 Å². The van der Waals surface area contributed by atoms with Crippen LogP contribution in [-0.4, -0.2) is 30.4 Å². The highest BCUT2D eigenvalue weighted by atomic mass is 35.5. The lowest BCUT2D eigenvalue weighted by Crippen LogP contribution is -2.01. The lowest BCUT2D eigenvalue weighted by molar-refractivity contribution is -0.139. The summed E-state index contributed by atoms with van der Waals surface area (Å²) in [6.45, 7) is 3.48. The second-order valence-corrected chi connectivity index (χ2v) is 6.41. The molecule has 0 saturated heterocycles. The topological polar surface area (TPSA) is 96.8 Å². The molecular weight excluding hydrogens is 400 g/mol. The van der Waals surface area contributed by atoms with Gasteiger partial charge in [-0.05, 0) is 43.7 Å². The Labute approximate surface area is 172 Å². The van der Waals surface area contributed by atoms with E-state index in [0.29, 0.717) is 39.3 Å². The van der Waals surface area contributed by atoms with Crippen LogP contribution in [0.25, 0.3) is 17.5 Å². The van der Waals surface area contributed by atoms with E-state index in [0.717, 1.165) is 5.76 Å². The summed E-state index contributed by atoms with van der Waals surface area (Å²) < 4.78 is 26.5. The number of halogens is 1. The van der Waals surface area contributed by atoms with Crippen molar-refractivity contribution in [3.63, 3.8) is 0 Å². The molecule has 9 heteroatoms. The minimum atomic E-state index is -0.578. The number of nitrogens with zero attached hydrogens (tertiary/aromatic N) is 2. The van der Waals surface area contributed by atoms with Crippen LogP contribution in [0.15, 0.2) is 33.1 Å². The second-order valence-electron chi connectivity index (χ2n) is 6.01. The molecule has 8 nitrogen and oxygen atoms in total. The lowest BCUT2D eigenvalue weighted by atomic mass is 10.2. The Hall–Kier alpha value is -3.26. The minimum Gasteiger partial charge on any atom is -0.493 e. The van der Waals surface area contributed by atoms with Gasteiger partial charge in [0.2, 0.25) is 0 Å². The molecule has 0 atom stereocenters. The van der Waals surface area contributed by atoms with Gasteiger partial charge < -0.3 is 23.0 Å². The van der Waals surface area contributed by atoms with E-state index in [1.54, 1.807) is 31.2 Å². The van der Waals surface area contributed by atoms with E-state index in [9.17, 15) is 4.79 Å². The van der Waals surface area contributed by atoms with Gasteiger partial charge in [-0.25, -0.2) is 4.79 Å². The van der Waals surface area contributed by atoms with E-state index >= 15 is 0 Å². The van der Waals surface area contributed by atoms with Crippen molar-refractivity contribution in [1.29, 1.82) is 0 Å². The second kappa shape index (κ2) is 8.83. The van der Waals surface area contributed by atoms with E-state index in [4.69, 9.17) is 34.6 Å². The average Bonchev–Trinajstić information content (AvgIpc) is 3.29. The normalized spacial score (nSPS) is 11.1. The van der Waals surface area contributed by atoms with Gasteiger partial charge in [0.05, 0.1) is 24.8 Å². The summed E-state index contributed by atoms with van der Waals surface area (Å²) in [7, 11) is 3.00. The van der Waals surface area contributed by atoms with Crippen LogP contribution in [-0.2, 0) is 16.1 Å². The molecule has 3 rings (SSSR count). The highest BCUT2D eigenvalue weighted by Gasteiger charge is 2.15. The van der Waals surface area contributed by atoms with Crippen molar-refractivity contribution in [2.45, 2.75) is 20.5 Å². The van der Waals surface area contributed by atoms with Crippen LogP contribution in [0.4, 0.5) is 0 Å². The Balaban J connectivity index is 1.62. The Kier molecular flexibility index (Phi) is 6.23. The zero-order valence-corrected chi connectivity index (χ0v) is 17.1. The molecule has 0 saturated carbocycles. The molecule has 0 spiro atoms. The smallest absolute Gasteiger partial charge is 0.331 e. The van der Waals surface area contributed by atoms with Crippen molar-refractivity contribution in [3.05, 3.63) is 52.3 Å². The fourth-order valence-corrected chi connectivity index (χ4v) is 2.94. The zero-order valence-electron chi connectivity index (χ0n) is 16.3. The van der Waals surface area contributed by atoms with Gasteiger partial charge in [0.15, 0.2) is 18.1 Å². The van der Waals surface area contributed by atoms with Gasteiger partial charge in [-0.2, -0.15) is 0 Å². The third-order valence-electron chi connectivity index (χ3n) is 3.94. The van der Waals surface area contributed by atoms with Crippen LogP contribution >= 0.6 is 11.6 Å². The summed E-state index contributed by atoms with van der Waals surface area (Å²) in [5.74, 6) is 2.19. The average molecular weight is 419 g/mol. The first kappa shape index (κ1) is 20.5. The van der Waals surface area contributed by atoms with Crippen LogP contribution in [0.5, 0.6) is 11.5 Å². The van der Waals surface area contributed by atoms with Crippen LogP contribution in [0.1, 0.15) is 23.0 Å². The number of ether oxygens (including phenoxy) is 3. The summed E-state index contributed by atoms with van der Waals surface area (Å²) >= 11 is 6.15. The monoisotopic (exact) mass is 418 g/mol. The fourth-order valence-electron chi connectivity index (χ4n) is 2.64. The number of aromatic nitrogens is 2. The predicted molar refractivity (Wildman–Crippen MR) is 105 cm³/mol. The van der Waals surface area contributed by atoms with Crippen molar-refractivity contribution in [2.75, 3.05) is 14.2 Å². The number of methoxy groups -OCH3 is 2. The van der Waals surface area contributed by atoms with Gasteiger partial charge in [0, 0.05) is 6.08 Å². The van der Waals surface area contributed by atoms with Crippen molar-refractivity contribution >= 4 is 23.6 Å². The van der Waals surface area contributed by atoms with Crippen molar-refractivity contribution in [2.24, 2.45) is 0 Å². The van der Waals surface area contributed by atoms with Gasteiger partial charge >= 0.3 is 5.97 Å². The largest absolute Gasteiger partial charge is 0.493 e. The summed E-state index contributed by atoms with van der Waals surface area (Å²) in [5.41, 5.74) is 1.35. The maximum atomic E-state index is 12.0. The zero-order chi connectivity index (χ0) is 21.0. The maximum absolute atomic E-state index is 12.0. The Bertz CT molecular complexity index is 1050. The molecule has 152 valence electrons. The Morgan fingerprint density at radius 1 is 1.14 bits per heavy atom. The lowest BCUT2D eigenvalue weighted by Gasteiger charge is -2.10. The number of hydrogen-bond donors (Lipinski definition) is 0. The summed E-state index contributed by atoms with van der Waals surface area (Å²) in [5, 5.41) is 8.19. The van der Waals surface area contributed by atoms with Crippen LogP contribution in [0.3, 0.4) is 0 Å². The first-order valence-electron chi connectivity index (χ1n) is 8.57. The molecular formula is C20H19ClN2O6. The van der Waals surface area contributed by atoms with Crippen molar-refractivity contribution in [1.82, 2.24) is 10.2 Å². The molecule has 29 heavy (non-hydrogen) atoms. The van der Waals surface area contributed by atoms with Gasteiger partial charge in [-0.1, -0.05) is 11.6 Å². The highest BCUT2D eigenvalue weighted by molar-refractivity contribution is 6.32. The van der Waals surface area contributed by atoms with Gasteiger partial charge in [-0.15, -0.1) is 10.2 Å². The van der Waals surface area contributed by atoms with E-state index in [1.165, 1.54) is 20.3 Å². The molecule has 0 aliphatic carbocycles. The number of benzene rings is 1. The van der Waals surface area contributed by atoms with Gasteiger partial charge in [0.25, 0.3) is 11.8 Å². The number of furan rings is 1. The third-order valence-corrected chi connectivity index (χ3v) is 4.22. The molecule has 0 unspecified atom stereocenters. The number of hydrogen-bond acceptors (Lipinski definition) is 8. The fraction of sp³-hybridized carbons (Fsp3) is 0.250. The molecule has 3 aromatic rings. The maximum Gasteiger partial charge on any atom is 0.331 e. The molecule has 0 fully saturated rings. The standard InChI is InChI=1S/C20H19ClN2O6/c1-11-7-14(12(2)28-11)20-23-22-17(29-20)10-27-18(24)6-5-13-8-15(21)19(26-4)16(9-13)25-3/h5-9H,10H2,1-4H3/b6-5+. The number of carbonyl (C=O) groups excluding carboxylic acids is 1. The van der Waals surface area contributed by atoms with Crippen molar-refractivity contribution < 1.29 is 27.8 Å². The van der Waals surface area contributed by atoms with E-state index in [-0.39, 0.29) is 12.5 Å². The van der Waals surface area contributed by atoms with E-state index in [2.05, 4.69) is 10.2 Å². The number of carbonyl (C=O) groups is 1. The Morgan fingerprint density at radius 3 is 2.59 bits per heavy atom. The summed E-state index contributed by atoms with van der Waals surface area (Å²) in [6.07, 6.45) is 2.81. The molecule has 1 aromatic carbocycles. The molecule has 0 aliphatic rings. The molecule has 2 heterocycles.